The summed E-state index contributed by atoms with van der Waals surface area (Å²) >= 11 is 0. The van der Waals surface area contributed by atoms with Crippen molar-refractivity contribution in [2.24, 2.45) is 0 Å². The standard InChI is InChI=1S/C13H13N3O3/c17-11-6-16(7-12(11)18)13(19)10-5-14-8-3-1-2-4-9(8)15-10/h1-5,11-12,17-18H,6-7H2. The summed E-state index contributed by atoms with van der Waals surface area (Å²) in [5, 5.41) is 18.9. The number of rotatable bonds is 1. The maximum absolute atomic E-state index is 12.2. The number of benzene rings is 1. The number of hydrogen-bond donors (Lipinski definition) is 2. The topological polar surface area (TPSA) is 86.6 Å². The van der Waals surface area contributed by atoms with E-state index < -0.39 is 12.2 Å². The number of likely N-dealkylation sites (tertiary alicyclic amines) is 1. The summed E-state index contributed by atoms with van der Waals surface area (Å²) in [5.41, 5.74) is 1.59. The first-order valence-corrected chi connectivity index (χ1v) is 6.02. The zero-order valence-corrected chi connectivity index (χ0v) is 10.1. The molecule has 1 fully saturated rings. The summed E-state index contributed by atoms with van der Waals surface area (Å²) in [6.07, 6.45) is -0.364. The molecule has 6 nitrogen and oxygen atoms in total. The minimum absolute atomic E-state index is 0.120. The Morgan fingerprint density at radius 2 is 1.79 bits per heavy atom. The molecule has 19 heavy (non-hydrogen) atoms. The van der Waals surface area contributed by atoms with Gasteiger partial charge in [-0.05, 0) is 12.1 Å². The van der Waals surface area contributed by atoms with Gasteiger partial charge in [-0.15, -0.1) is 0 Å². The summed E-state index contributed by atoms with van der Waals surface area (Å²) in [6, 6.07) is 7.28. The SMILES string of the molecule is O=C(c1cnc2ccccc2n1)N1CC(O)C(O)C1. The highest BCUT2D eigenvalue weighted by atomic mass is 16.3. The summed E-state index contributed by atoms with van der Waals surface area (Å²) in [7, 11) is 0. The lowest BCUT2D eigenvalue weighted by Gasteiger charge is -2.14. The second-order valence-corrected chi connectivity index (χ2v) is 4.59. The lowest BCUT2D eigenvalue weighted by Crippen LogP contribution is -2.30. The Balaban J connectivity index is 1.90. The molecule has 2 unspecified atom stereocenters. The molecule has 1 saturated heterocycles. The fraction of sp³-hybridized carbons (Fsp3) is 0.308. The van der Waals surface area contributed by atoms with E-state index in [0.717, 1.165) is 5.52 Å². The fourth-order valence-corrected chi connectivity index (χ4v) is 2.16. The second kappa shape index (κ2) is 4.56. The number of nitrogens with zero attached hydrogens (tertiary/aromatic N) is 3. The van der Waals surface area contributed by atoms with Crippen molar-refractivity contribution < 1.29 is 15.0 Å². The molecule has 1 aromatic carbocycles. The van der Waals surface area contributed by atoms with Crippen LogP contribution in [0.25, 0.3) is 11.0 Å². The van der Waals surface area contributed by atoms with E-state index in [4.69, 9.17) is 0 Å². The van der Waals surface area contributed by atoms with Crippen molar-refractivity contribution in [3.8, 4) is 0 Å². The van der Waals surface area contributed by atoms with E-state index in [9.17, 15) is 15.0 Å². The van der Waals surface area contributed by atoms with Crippen LogP contribution in [0.4, 0.5) is 0 Å². The predicted molar refractivity (Wildman–Crippen MR) is 67.5 cm³/mol. The maximum atomic E-state index is 12.2. The number of aliphatic hydroxyl groups excluding tert-OH is 2. The minimum atomic E-state index is -0.891. The number of aliphatic hydroxyl groups is 2. The number of carbonyl (C=O) groups is 1. The molecule has 2 aromatic rings. The molecule has 1 amide bonds. The highest BCUT2D eigenvalue weighted by Gasteiger charge is 2.33. The molecular weight excluding hydrogens is 246 g/mol. The van der Waals surface area contributed by atoms with Crippen molar-refractivity contribution in [2.45, 2.75) is 12.2 Å². The van der Waals surface area contributed by atoms with E-state index >= 15 is 0 Å². The fourth-order valence-electron chi connectivity index (χ4n) is 2.16. The van der Waals surface area contributed by atoms with Gasteiger partial charge < -0.3 is 15.1 Å². The van der Waals surface area contributed by atoms with Crippen LogP contribution >= 0.6 is 0 Å². The third-order valence-electron chi connectivity index (χ3n) is 3.21. The molecule has 1 aliphatic rings. The molecule has 0 radical (unpaired) electrons. The number of para-hydroxylation sites is 2. The van der Waals surface area contributed by atoms with Crippen LogP contribution in [0, 0.1) is 0 Å². The van der Waals surface area contributed by atoms with Crippen LogP contribution in [0.1, 0.15) is 10.5 Å². The van der Waals surface area contributed by atoms with Crippen LogP contribution in [0.2, 0.25) is 0 Å². The van der Waals surface area contributed by atoms with Gasteiger partial charge in [0.25, 0.3) is 5.91 Å². The lowest BCUT2D eigenvalue weighted by molar-refractivity contribution is 0.0572. The Hall–Kier alpha value is -2.05. The van der Waals surface area contributed by atoms with Crippen molar-refractivity contribution in [3.05, 3.63) is 36.2 Å². The summed E-state index contributed by atoms with van der Waals surface area (Å²) in [4.78, 5) is 22.0. The zero-order chi connectivity index (χ0) is 13.4. The molecule has 98 valence electrons. The quantitative estimate of drug-likeness (QED) is 0.741. The van der Waals surface area contributed by atoms with E-state index in [1.165, 1.54) is 11.1 Å². The first kappa shape index (κ1) is 12.0. The van der Waals surface area contributed by atoms with Gasteiger partial charge in [0.1, 0.15) is 5.69 Å². The van der Waals surface area contributed by atoms with Crippen molar-refractivity contribution in [1.82, 2.24) is 14.9 Å². The highest BCUT2D eigenvalue weighted by Crippen LogP contribution is 2.15. The van der Waals surface area contributed by atoms with Gasteiger partial charge in [0.05, 0.1) is 29.4 Å². The molecule has 2 heterocycles. The van der Waals surface area contributed by atoms with Gasteiger partial charge in [-0.2, -0.15) is 0 Å². The number of carbonyl (C=O) groups excluding carboxylic acids is 1. The first-order chi connectivity index (χ1) is 9.15. The van der Waals surface area contributed by atoms with E-state index in [2.05, 4.69) is 9.97 Å². The molecule has 0 saturated carbocycles. The van der Waals surface area contributed by atoms with E-state index in [-0.39, 0.29) is 24.7 Å². The first-order valence-electron chi connectivity index (χ1n) is 6.02. The predicted octanol–water partition coefficient (Wildman–Crippen LogP) is -0.193. The van der Waals surface area contributed by atoms with Crippen molar-refractivity contribution in [2.75, 3.05) is 13.1 Å². The van der Waals surface area contributed by atoms with Crippen LogP contribution in [-0.2, 0) is 0 Å². The molecule has 2 atom stereocenters. The Morgan fingerprint density at radius 1 is 1.16 bits per heavy atom. The molecular formula is C13H13N3O3. The average molecular weight is 259 g/mol. The summed E-state index contributed by atoms with van der Waals surface area (Å²) < 4.78 is 0. The highest BCUT2D eigenvalue weighted by molar-refractivity contribution is 5.94. The Bertz CT molecular complexity index is 621. The van der Waals surface area contributed by atoms with Crippen LogP contribution in [-0.4, -0.2) is 56.3 Å². The molecule has 0 bridgehead atoms. The van der Waals surface area contributed by atoms with Gasteiger partial charge in [0.2, 0.25) is 0 Å². The number of hydrogen-bond acceptors (Lipinski definition) is 5. The third kappa shape index (κ3) is 2.16. The Labute approximate surface area is 109 Å². The van der Waals surface area contributed by atoms with Crippen LogP contribution in [0.3, 0.4) is 0 Å². The number of β-amino-alcohol motifs (C(OH)–C–C–N with tert-alkyl or cyclic N) is 2. The van der Waals surface area contributed by atoms with Crippen molar-refractivity contribution >= 4 is 16.9 Å². The van der Waals surface area contributed by atoms with E-state index in [0.29, 0.717) is 5.52 Å². The largest absolute Gasteiger partial charge is 0.388 e. The summed E-state index contributed by atoms with van der Waals surface area (Å²) in [6.45, 7) is 0.239. The normalized spacial score (nSPS) is 22.9. The minimum Gasteiger partial charge on any atom is -0.388 e. The van der Waals surface area contributed by atoms with Crippen LogP contribution in [0.15, 0.2) is 30.5 Å². The van der Waals surface area contributed by atoms with Gasteiger partial charge in [0.15, 0.2) is 0 Å². The molecule has 1 aliphatic heterocycles. The molecule has 6 heteroatoms. The Morgan fingerprint density at radius 3 is 2.47 bits per heavy atom. The van der Waals surface area contributed by atoms with Gasteiger partial charge >= 0.3 is 0 Å². The molecule has 0 spiro atoms. The van der Waals surface area contributed by atoms with Gasteiger partial charge in [0, 0.05) is 13.1 Å². The van der Waals surface area contributed by atoms with Crippen LogP contribution in [0.5, 0.6) is 0 Å². The van der Waals surface area contributed by atoms with Gasteiger partial charge in [-0.1, -0.05) is 12.1 Å². The number of amides is 1. The number of fused-ring (bicyclic) bond motifs is 1. The summed E-state index contributed by atoms with van der Waals surface area (Å²) in [5.74, 6) is -0.325. The smallest absolute Gasteiger partial charge is 0.274 e. The average Bonchev–Trinajstić information content (AvgIpc) is 2.77. The van der Waals surface area contributed by atoms with E-state index in [1.54, 1.807) is 6.07 Å². The maximum Gasteiger partial charge on any atom is 0.274 e. The number of aromatic nitrogens is 2. The third-order valence-corrected chi connectivity index (χ3v) is 3.21. The molecule has 0 aliphatic carbocycles. The van der Waals surface area contributed by atoms with Crippen LogP contribution < -0.4 is 0 Å². The molecule has 1 aromatic heterocycles. The van der Waals surface area contributed by atoms with E-state index in [1.807, 2.05) is 18.2 Å². The Kier molecular flexibility index (Phi) is 2.88. The van der Waals surface area contributed by atoms with Crippen molar-refractivity contribution in [3.63, 3.8) is 0 Å². The van der Waals surface area contributed by atoms with Crippen molar-refractivity contribution in [1.29, 1.82) is 0 Å². The molecule has 2 N–H and O–H groups in total. The van der Waals surface area contributed by atoms with Gasteiger partial charge in [-0.25, -0.2) is 4.98 Å². The zero-order valence-electron chi connectivity index (χ0n) is 10.1. The lowest BCUT2D eigenvalue weighted by atomic mass is 10.3. The molecule has 3 rings (SSSR count). The van der Waals surface area contributed by atoms with Gasteiger partial charge in [-0.3, -0.25) is 9.78 Å². The monoisotopic (exact) mass is 259 g/mol. The second-order valence-electron chi connectivity index (χ2n) is 4.59.